The Labute approximate surface area is 255 Å². The fraction of sp³-hybridized carbons (Fsp3) is 0.242. The molecule has 0 aromatic heterocycles. The Balaban J connectivity index is 1.56. The standard InChI is InChI=1S/C33H33F3N4O3S/c1-2-31(41)40(23-13-11-22(34)12-14-23)30-18-17-29(36)33(37)32(30)27-9-6-10-28(35)26(27)16-15-24-21-38-19-20-39(24)44(42,43)25-7-4-3-5-8-25/h3-14,17-18,24,38H,2,15-16,19-21,37H2,1H3/t24-/m1/s1. The first kappa shape index (κ1) is 31.2. The van der Waals surface area contributed by atoms with E-state index in [9.17, 15) is 17.6 Å². The first-order chi connectivity index (χ1) is 21.1. The molecule has 0 spiro atoms. The zero-order valence-electron chi connectivity index (χ0n) is 24.1. The molecule has 1 heterocycles. The zero-order valence-corrected chi connectivity index (χ0v) is 25.0. The number of benzene rings is 4. The molecule has 1 atom stereocenters. The summed E-state index contributed by atoms with van der Waals surface area (Å²) in [7, 11) is -3.81. The number of carbonyl (C=O) groups is 1. The molecule has 7 nitrogen and oxygen atoms in total. The van der Waals surface area contributed by atoms with Crippen LogP contribution in [0.4, 0.5) is 30.2 Å². The van der Waals surface area contributed by atoms with Crippen LogP contribution in [0, 0.1) is 17.5 Å². The summed E-state index contributed by atoms with van der Waals surface area (Å²) >= 11 is 0. The molecule has 5 rings (SSSR count). The number of nitrogens with two attached hydrogens (primary N) is 1. The van der Waals surface area contributed by atoms with E-state index in [4.69, 9.17) is 5.73 Å². The van der Waals surface area contributed by atoms with E-state index in [1.165, 1.54) is 51.7 Å². The zero-order chi connectivity index (χ0) is 31.4. The number of anilines is 3. The predicted octanol–water partition coefficient (Wildman–Crippen LogP) is 6.02. The molecule has 3 N–H and O–H groups in total. The molecule has 1 amide bonds. The van der Waals surface area contributed by atoms with Gasteiger partial charge in [0.1, 0.15) is 17.5 Å². The molecule has 11 heteroatoms. The molecular weight excluding hydrogens is 589 g/mol. The van der Waals surface area contributed by atoms with E-state index in [-0.39, 0.29) is 64.7 Å². The average molecular weight is 623 g/mol. The van der Waals surface area contributed by atoms with Crippen molar-refractivity contribution >= 4 is 33.0 Å². The second-order valence-corrected chi connectivity index (χ2v) is 12.4. The van der Waals surface area contributed by atoms with Crippen LogP contribution in [0.25, 0.3) is 11.1 Å². The second kappa shape index (κ2) is 13.2. The molecule has 1 aliphatic heterocycles. The summed E-state index contributed by atoms with van der Waals surface area (Å²) < 4.78 is 72.9. The third kappa shape index (κ3) is 6.21. The molecule has 0 unspecified atom stereocenters. The quantitative estimate of drug-likeness (QED) is 0.223. The largest absolute Gasteiger partial charge is 0.396 e. The lowest BCUT2D eigenvalue weighted by Crippen LogP contribution is -2.53. The van der Waals surface area contributed by atoms with Crippen molar-refractivity contribution in [1.29, 1.82) is 0 Å². The highest BCUT2D eigenvalue weighted by Crippen LogP contribution is 2.43. The first-order valence-corrected chi connectivity index (χ1v) is 15.8. The van der Waals surface area contributed by atoms with E-state index in [1.54, 1.807) is 43.3 Å². The number of hydrogen-bond donors (Lipinski definition) is 2. The highest BCUT2D eigenvalue weighted by Gasteiger charge is 2.34. The Bertz CT molecular complexity index is 1750. The molecule has 230 valence electrons. The Morgan fingerprint density at radius 2 is 1.68 bits per heavy atom. The maximum atomic E-state index is 15.6. The summed E-state index contributed by atoms with van der Waals surface area (Å²) in [5.41, 5.74) is 7.16. The van der Waals surface area contributed by atoms with Crippen molar-refractivity contribution in [1.82, 2.24) is 9.62 Å². The maximum Gasteiger partial charge on any atom is 0.243 e. The molecule has 1 aliphatic rings. The third-order valence-corrected chi connectivity index (χ3v) is 9.78. The molecule has 1 saturated heterocycles. The van der Waals surface area contributed by atoms with Gasteiger partial charge >= 0.3 is 0 Å². The van der Waals surface area contributed by atoms with Crippen molar-refractivity contribution in [3.8, 4) is 11.1 Å². The van der Waals surface area contributed by atoms with Crippen LogP contribution in [0.1, 0.15) is 25.3 Å². The number of nitrogens with zero attached hydrogens (tertiary/aromatic N) is 2. The van der Waals surface area contributed by atoms with Crippen molar-refractivity contribution < 1.29 is 26.4 Å². The van der Waals surface area contributed by atoms with E-state index < -0.39 is 33.5 Å². The van der Waals surface area contributed by atoms with Gasteiger partial charge in [0.25, 0.3) is 0 Å². The summed E-state index contributed by atoms with van der Waals surface area (Å²) in [5, 5.41) is 3.23. The first-order valence-electron chi connectivity index (χ1n) is 14.3. The third-order valence-electron chi connectivity index (χ3n) is 7.81. The van der Waals surface area contributed by atoms with Gasteiger partial charge in [-0.2, -0.15) is 4.31 Å². The van der Waals surface area contributed by atoms with Gasteiger partial charge in [-0.05, 0) is 78.6 Å². The Morgan fingerprint density at radius 3 is 2.39 bits per heavy atom. The number of rotatable bonds is 9. The number of hydrogen-bond acceptors (Lipinski definition) is 5. The lowest BCUT2D eigenvalue weighted by atomic mass is 9.91. The van der Waals surface area contributed by atoms with Crippen molar-refractivity contribution in [3.05, 3.63) is 108 Å². The highest BCUT2D eigenvalue weighted by molar-refractivity contribution is 7.89. The summed E-state index contributed by atoms with van der Waals surface area (Å²) in [6, 6.07) is 19.8. The van der Waals surface area contributed by atoms with Gasteiger partial charge in [-0.1, -0.05) is 37.3 Å². The molecule has 0 saturated carbocycles. The lowest BCUT2D eigenvalue weighted by Gasteiger charge is -2.35. The Morgan fingerprint density at radius 1 is 0.955 bits per heavy atom. The van der Waals surface area contributed by atoms with Crippen molar-refractivity contribution in [2.45, 2.75) is 37.1 Å². The summed E-state index contributed by atoms with van der Waals surface area (Å²) in [6.07, 6.45) is 0.431. The van der Waals surface area contributed by atoms with Crippen LogP contribution in [0.15, 0.2) is 89.8 Å². The van der Waals surface area contributed by atoms with Gasteiger partial charge in [0.05, 0.1) is 16.3 Å². The van der Waals surface area contributed by atoms with Gasteiger partial charge in [-0.25, -0.2) is 21.6 Å². The number of nitrogen functional groups attached to an aromatic ring is 1. The average Bonchev–Trinajstić information content (AvgIpc) is 3.03. The number of nitrogens with one attached hydrogen (secondary N) is 1. The van der Waals surface area contributed by atoms with Crippen LogP contribution < -0.4 is 16.0 Å². The monoisotopic (exact) mass is 622 g/mol. The normalized spacial score (nSPS) is 15.7. The molecule has 1 fully saturated rings. The van der Waals surface area contributed by atoms with Gasteiger partial charge in [0.2, 0.25) is 15.9 Å². The maximum absolute atomic E-state index is 15.6. The SMILES string of the molecule is CCC(=O)N(c1ccc(F)cc1)c1ccc(F)c(N)c1-c1cccc(F)c1CC[C@@H]1CNCCN1S(=O)(=O)c1ccccc1. The van der Waals surface area contributed by atoms with Crippen molar-refractivity contribution in [2.24, 2.45) is 0 Å². The molecule has 0 radical (unpaired) electrons. The van der Waals surface area contributed by atoms with E-state index in [0.717, 1.165) is 6.07 Å². The summed E-state index contributed by atoms with van der Waals surface area (Å²) in [4.78, 5) is 14.8. The van der Waals surface area contributed by atoms with Crippen LogP contribution in [0.5, 0.6) is 0 Å². The molecular formula is C33H33F3N4O3S. The number of sulfonamides is 1. The van der Waals surface area contributed by atoms with E-state index in [1.807, 2.05) is 0 Å². The Hall–Kier alpha value is -4.19. The van der Waals surface area contributed by atoms with Crippen molar-refractivity contribution in [3.63, 3.8) is 0 Å². The molecule has 4 aromatic carbocycles. The lowest BCUT2D eigenvalue weighted by molar-refractivity contribution is -0.117. The smallest absolute Gasteiger partial charge is 0.243 e. The van der Waals surface area contributed by atoms with E-state index in [2.05, 4.69) is 5.32 Å². The summed E-state index contributed by atoms with van der Waals surface area (Å²) in [6.45, 7) is 2.75. The number of piperazine rings is 1. The summed E-state index contributed by atoms with van der Waals surface area (Å²) in [5.74, 6) is -2.19. The van der Waals surface area contributed by atoms with Gasteiger partial charge in [0, 0.05) is 43.3 Å². The van der Waals surface area contributed by atoms with Crippen LogP contribution in [0.3, 0.4) is 0 Å². The van der Waals surface area contributed by atoms with Gasteiger partial charge in [0.15, 0.2) is 0 Å². The topological polar surface area (TPSA) is 95.7 Å². The molecule has 44 heavy (non-hydrogen) atoms. The van der Waals surface area contributed by atoms with Crippen LogP contribution in [-0.4, -0.2) is 44.3 Å². The molecule has 4 aromatic rings. The molecule has 0 bridgehead atoms. The highest BCUT2D eigenvalue weighted by atomic mass is 32.2. The minimum absolute atomic E-state index is 0.0739. The van der Waals surface area contributed by atoms with E-state index in [0.29, 0.717) is 18.8 Å². The number of amides is 1. The minimum atomic E-state index is -3.81. The van der Waals surface area contributed by atoms with Crippen LogP contribution in [0.2, 0.25) is 0 Å². The van der Waals surface area contributed by atoms with Gasteiger partial charge in [-0.3, -0.25) is 9.69 Å². The van der Waals surface area contributed by atoms with Crippen LogP contribution >= 0.6 is 0 Å². The minimum Gasteiger partial charge on any atom is -0.396 e. The number of halogens is 3. The second-order valence-electron chi connectivity index (χ2n) is 10.5. The number of carbonyl (C=O) groups excluding carboxylic acids is 1. The van der Waals surface area contributed by atoms with Gasteiger partial charge in [-0.15, -0.1) is 0 Å². The Kier molecular flexibility index (Phi) is 9.38. The fourth-order valence-electron chi connectivity index (χ4n) is 5.61. The molecule has 0 aliphatic carbocycles. The van der Waals surface area contributed by atoms with Gasteiger partial charge < -0.3 is 11.1 Å². The fourth-order valence-corrected chi connectivity index (χ4v) is 7.28. The van der Waals surface area contributed by atoms with Crippen molar-refractivity contribution in [2.75, 3.05) is 30.3 Å². The van der Waals surface area contributed by atoms with E-state index >= 15 is 8.78 Å². The predicted molar refractivity (Wildman–Crippen MR) is 165 cm³/mol. The van der Waals surface area contributed by atoms with Crippen LogP contribution in [-0.2, 0) is 21.2 Å².